The summed E-state index contributed by atoms with van der Waals surface area (Å²) in [6, 6.07) is 15.0. The van der Waals surface area contributed by atoms with Crippen LogP contribution in [0.5, 0.6) is 0 Å². The van der Waals surface area contributed by atoms with Gasteiger partial charge in [0, 0.05) is 11.3 Å². The van der Waals surface area contributed by atoms with Crippen molar-refractivity contribution < 1.29 is 14.4 Å². The largest absolute Gasteiger partial charge is 0.296 e. The molecule has 31 heavy (non-hydrogen) atoms. The maximum absolute atomic E-state index is 12.5. The maximum Gasteiger partial charge on any atom is 0.290 e. The van der Waals surface area contributed by atoms with E-state index in [1.165, 1.54) is 22.5 Å². The number of amides is 3. The summed E-state index contributed by atoms with van der Waals surface area (Å²) in [5.41, 5.74) is 3.59. The van der Waals surface area contributed by atoms with Crippen LogP contribution in [0.2, 0.25) is 0 Å². The Kier molecular flexibility index (Phi) is 6.50. The van der Waals surface area contributed by atoms with E-state index >= 15 is 0 Å². The third-order valence-corrected chi connectivity index (χ3v) is 7.04. The number of aromatic nitrogens is 2. The summed E-state index contributed by atoms with van der Waals surface area (Å²) in [4.78, 5) is 35.6. The second-order valence-corrected chi connectivity index (χ2v) is 9.79. The molecule has 7 nitrogen and oxygen atoms in total. The van der Waals surface area contributed by atoms with Crippen molar-refractivity contribution in [3.8, 4) is 0 Å². The van der Waals surface area contributed by atoms with Crippen molar-refractivity contribution >= 4 is 63.1 Å². The molecule has 0 spiro atoms. The molecule has 1 saturated heterocycles. The second-order valence-electron chi connectivity index (χ2n) is 6.58. The third-order valence-electron chi connectivity index (χ3n) is 4.18. The molecule has 1 fully saturated rings. The summed E-state index contributed by atoms with van der Waals surface area (Å²) in [6.07, 6.45) is 1.61. The number of nitrogens with zero attached hydrogens (tertiary/aromatic N) is 2. The van der Waals surface area contributed by atoms with Gasteiger partial charge in [0.1, 0.15) is 0 Å². The van der Waals surface area contributed by atoms with Gasteiger partial charge in [-0.3, -0.25) is 25.0 Å². The number of aryl methyl sites for hydroxylation is 1. The average Bonchev–Trinajstić information content (AvgIpc) is 3.32. The topological polar surface area (TPSA) is 101 Å². The predicted molar refractivity (Wildman–Crippen MR) is 124 cm³/mol. The fourth-order valence-electron chi connectivity index (χ4n) is 2.74. The number of carbonyl (C=O) groups excluding carboxylic acids is 3. The van der Waals surface area contributed by atoms with E-state index in [1.807, 2.05) is 6.07 Å². The number of benzene rings is 2. The number of hydrogen-bond donors (Lipinski definition) is 2. The molecule has 2 heterocycles. The summed E-state index contributed by atoms with van der Waals surface area (Å²) in [5, 5.41) is 13.2. The molecule has 1 aromatic heterocycles. The van der Waals surface area contributed by atoms with Crippen molar-refractivity contribution in [2.75, 3.05) is 5.32 Å². The Hall–Kier alpha value is -2.95. The molecular weight excluding hydrogens is 452 g/mol. The molecular formula is C21H16N4O3S3. The molecule has 1 aliphatic rings. The fraction of sp³-hybridized carbons (Fsp3) is 0.0952. The van der Waals surface area contributed by atoms with E-state index in [2.05, 4.69) is 46.0 Å². The van der Waals surface area contributed by atoms with Crippen molar-refractivity contribution in [1.82, 2.24) is 15.5 Å². The molecule has 3 aromatic rings. The lowest BCUT2D eigenvalue weighted by atomic mass is 10.1. The zero-order valence-corrected chi connectivity index (χ0v) is 18.7. The van der Waals surface area contributed by atoms with E-state index in [0.717, 1.165) is 27.4 Å². The molecule has 0 saturated carbocycles. The highest BCUT2D eigenvalue weighted by Gasteiger charge is 2.24. The Morgan fingerprint density at radius 2 is 1.97 bits per heavy atom. The highest BCUT2D eigenvalue weighted by molar-refractivity contribution is 8.18. The van der Waals surface area contributed by atoms with Gasteiger partial charge in [0.25, 0.3) is 17.1 Å². The van der Waals surface area contributed by atoms with Crippen molar-refractivity contribution in [1.29, 1.82) is 0 Å². The zero-order chi connectivity index (χ0) is 21.8. The number of rotatable bonds is 6. The maximum atomic E-state index is 12.5. The molecule has 4 rings (SSSR count). The van der Waals surface area contributed by atoms with Crippen LogP contribution in [-0.4, -0.2) is 27.3 Å². The summed E-state index contributed by atoms with van der Waals surface area (Å²) in [5.74, 6) is 0.0706. The second kappa shape index (κ2) is 9.46. The van der Waals surface area contributed by atoms with Crippen molar-refractivity contribution in [3.05, 3.63) is 75.7 Å². The van der Waals surface area contributed by atoms with Gasteiger partial charge in [-0.25, -0.2) is 0 Å². The number of hydrogen-bond acceptors (Lipinski definition) is 8. The number of thioether (sulfide) groups is 2. The summed E-state index contributed by atoms with van der Waals surface area (Å²) in [6.45, 7) is 2.06. The third kappa shape index (κ3) is 5.60. The number of imide groups is 1. The normalized spacial score (nSPS) is 14.7. The minimum Gasteiger partial charge on any atom is -0.296 e. The number of carbonyl (C=O) groups is 3. The van der Waals surface area contributed by atoms with Gasteiger partial charge in [-0.05, 0) is 48.0 Å². The quantitative estimate of drug-likeness (QED) is 0.307. The van der Waals surface area contributed by atoms with Crippen molar-refractivity contribution in [2.24, 2.45) is 0 Å². The van der Waals surface area contributed by atoms with E-state index in [1.54, 1.807) is 42.1 Å². The van der Waals surface area contributed by atoms with Crippen LogP contribution in [0.1, 0.15) is 27.0 Å². The van der Waals surface area contributed by atoms with E-state index < -0.39 is 5.91 Å². The minimum atomic E-state index is -0.413. The fourth-order valence-corrected chi connectivity index (χ4v) is 5.11. The van der Waals surface area contributed by atoms with E-state index in [0.29, 0.717) is 15.6 Å². The van der Waals surface area contributed by atoms with E-state index in [-0.39, 0.29) is 11.1 Å². The monoisotopic (exact) mass is 468 g/mol. The highest BCUT2D eigenvalue weighted by atomic mass is 32.2. The molecule has 2 aromatic carbocycles. The zero-order valence-electron chi connectivity index (χ0n) is 16.2. The average molecular weight is 469 g/mol. The standard InChI is InChI=1S/C21H16N4O3S3/c1-12-3-2-4-14(9-12)11-29-21-25-24-19(31-21)22-17(26)15-7-5-13(6-8-15)10-16-18(27)23-20(28)30-16/h2-10H,11H2,1H3,(H,22,24,26)(H,23,27,28)/b16-10+. The Bertz CT molecular complexity index is 1190. The molecule has 0 unspecified atom stereocenters. The van der Waals surface area contributed by atoms with E-state index in [4.69, 9.17) is 0 Å². The number of anilines is 1. The molecule has 0 atom stereocenters. The molecule has 3 amide bonds. The van der Waals surface area contributed by atoms with Crippen molar-refractivity contribution in [3.63, 3.8) is 0 Å². The first-order valence-electron chi connectivity index (χ1n) is 9.14. The smallest absolute Gasteiger partial charge is 0.290 e. The first kappa shape index (κ1) is 21.3. The van der Waals surface area contributed by atoms with Crippen LogP contribution in [0.3, 0.4) is 0 Å². The predicted octanol–water partition coefficient (Wildman–Crippen LogP) is 4.72. The summed E-state index contributed by atoms with van der Waals surface area (Å²) >= 11 is 3.75. The lowest BCUT2D eigenvalue weighted by molar-refractivity contribution is -0.115. The van der Waals surface area contributed by atoms with E-state index in [9.17, 15) is 14.4 Å². The Balaban J connectivity index is 1.35. The van der Waals surface area contributed by atoms with Gasteiger partial charge in [0.05, 0.1) is 4.91 Å². The van der Waals surface area contributed by atoms with Gasteiger partial charge < -0.3 is 0 Å². The highest BCUT2D eigenvalue weighted by Crippen LogP contribution is 2.29. The van der Waals surface area contributed by atoms with Crippen LogP contribution in [0.25, 0.3) is 6.08 Å². The van der Waals surface area contributed by atoms with Crippen molar-refractivity contribution in [2.45, 2.75) is 17.0 Å². The van der Waals surface area contributed by atoms with Gasteiger partial charge in [0.15, 0.2) is 4.34 Å². The molecule has 156 valence electrons. The van der Waals surface area contributed by atoms with Gasteiger partial charge in [-0.1, -0.05) is 65.1 Å². The lowest BCUT2D eigenvalue weighted by Gasteiger charge is -2.02. The molecule has 0 aliphatic carbocycles. The lowest BCUT2D eigenvalue weighted by Crippen LogP contribution is -2.17. The molecule has 0 radical (unpaired) electrons. The van der Waals surface area contributed by atoms with Gasteiger partial charge in [-0.2, -0.15) is 0 Å². The summed E-state index contributed by atoms with van der Waals surface area (Å²) < 4.78 is 0.778. The summed E-state index contributed by atoms with van der Waals surface area (Å²) in [7, 11) is 0. The Morgan fingerprint density at radius 1 is 1.16 bits per heavy atom. The van der Waals surface area contributed by atoms with Crippen LogP contribution in [0.4, 0.5) is 9.93 Å². The molecule has 10 heteroatoms. The van der Waals surface area contributed by atoms with Crippen LogP contribution >= 0.6 is 34.9 Å². The van der Waals surface area contributed by atoms with Crippen LogP contribution in [0.15, 0.2) is 57.8 Å². The Morgan fingerprint density at radius 3 is 2.68 bits per heavy atom. The van der Waals surface area contributed by atoms with Gasteiger partial charge in [0.2, 0.25) is 5.13 Å². The van der Waals surface area contributed by atoms with Crippen LogP contribution in [-0.2, 0) is 10.5 Å². The SMILES string of the molecule is Cc1cccc(CSc2nnc(NC(=O)c3ccc(/C=C4/SC(=O)NC4=O)cc3)s2)c1. The first-order chi connectivity index (χ1) is 15.0. The van der Waals surface area contributed by atoms with Crippen LogP contribution in [0, 0.1) is 6.92 Å². The van der Waals surface area contributed by atoms with Crippen LogP contribution < -0.4 is 10.6 Å². The Labute approximate surface area is 190 Å². The molecule has 1 aliphatic heterocycles. The first-order valence-corrected chi connectivity index (χ1v) is 11.8. The number of nitrogens with one attached hydrogen (secondary N) is 2. The molecule has 0 bridgehead atoms. The van der Waals surface area contributed by atoms with Gasteiger partial charge in [-0.15, -0.1) is 10.2 Å². The minimum absolute atomic E-state index is 0.297. The van der Waals surface area contributed by atoms with Gasteiger partial charge >= 0.3 is 0 Å². The molecule has 2 N–H and O–H groups in total.